The number of nitrogens with zero attached hydrogens (tertiary/aromatic N) is 1. The van der Waals surface area contributed by atoms with Gasteiger partial charge in [0.2, 0.25) is 0 Å². The smallest absolute Gasteiger partial charge is 0.251 e. The molecular weight excluding hydrogens is 258 g/mol. The molecule has 0 heterocycles. The number of hydroxylamine groups is 2. The maximum atomic E-state index is 12.1. The van der Waals surface area contributed by atoms with Crippen LogP contribution in [0.4, 0.5) is 0 Å². The van der Waals surface area contributed by atoms with Crippen molar-refractivity contribution in [2.45, 2.75) is 65.3 Å². The second kappa shape index (κ2) is 6.86. The van der Waals surface area contributed by atoms with Crippen molar-refractivity contribution in [1.29, 1.82) is 0 Å². The van der Waals surface area contributed by atoms with E-state index in [1.54, 1.807) is 7.05 Å². The summed E-state index contributed by atoms with van der Waals surface area (Å²) in [6.07, 6.45) is 0.780. The molecule has 0 aromatic heterocycles. The standard InChI is InChI=1S/C14H31NO3Si/c1-10-12(11(2)13(16)15(6)17-7)18-19(8,9)14(3,4)5/h11-12H,10H2,1-9H3/t11-,12+/m1/s1. The molecule has 0 aromatic carbocycles. The molecule has 0 aromatic rings. The van der Waals surface area contributed by atoms with Crippen molar-refractivity contribution >= 4 is 14.2 Å². The van der Waals surface area contributed by atoms with Crippen LogP contribution in [-0.4, -0.2) is 39.5 Å². The Labute approximate surface area is 119 Å². The number of rotatable bonds is 6. The molecule has 4 nitrogen and oxygen atoms in total. The highest BCUT2D eigenvalue weighted by Gasteiger charge is 2.41. The van der Waals surface area contributed by atoms with E-state index in [2.05, 4.69) is 40.8 Å². The molecule has 0 bridgehead atoms. The number of carbonyl (C=O) groups excluding carboxylic acids is 1. The summed E-state index contributed by atoms with van der Waals surface area (Å²) in [6.45, 7) is 15.0. The molecule has 0 aliphatic rings. The van der Waals surface area contributed by atoms with E-state index in [0.717, 1.165) is 6.42 Å². The summed E-state index contributed by atoms with van der Waals surface area (Å²) in [5, 5.41) is 1.43. The van der Waals surface area contributed by atoms with Crippen LogP contribution >= 0.6 is 0 Å². The first-order valence-electron chi connectivity index (χ1n) is 6.97. The molecule has 0 rings (SSSR count). The molecule has 0 aliphatic heterocycles. The lowest BCUT2D eigenvalue weighted by Crippen LogP contribution is -2.47. The molecule has 0 spiro atoms. The summed E-state index contributed by atoms with van der Waals surface area (Å²) in [5.41, 5.74) is 0. The van der Waals surface area contributed by atoms with Crippen LogP contribution in [0.5, 0.6) is 0 Å². The Hall–Kier alpha value is -0.393. The maximum Gasteiger partial charge on any atom is 0.251 e. The van der Waals surface area contributed by atoms with E-state index in [0.29, 0.717) is 0 Å². The Morgan fingerprint density at radius 1 is 1.32 bits per heavy atom. The van der Waals surface area contributed by atoms with Gasteiger partial charge in [-0.1, -0.05) is 34.6 Å². The van der Waals surface area contributed by atoms with Crippen LogP contribution in [0.25, 0.3) is 0 Å². The molecule has 2 atom stereocenters. The zero-order valence-corrected chi connectivity index (χ0v) is 15.0. The summed E-state index contributed by atoms with van der Waals surface area (Å²) in [5.74, 6) is -0.225. The van der Waals surface area contributed by atoms with Crippen molar-refractivity contribution in [2.75, 3.05) is 14.2 Å². The summed E-state index contributed by atoms with van der Waals surface area (Å²) in [4.78, 5) is 17.1. The molecule has 0 unspecified atom stereocenters. The normalized spacial score (nSPS) is 16.1. The van der Waals surface area contributed by atoms with Crippen molar-refractivity contribution in [1.82, 2.24) is 5.06 Å². The average Bonchev–Trinajstić information content (AvgIpc) is 2.31. The second-order valence-electron chi connectivity index (χ2n) is 6.63. The zero-order valence-electron chi connectivity index (χ0n) is 14.0. The molecule has 0 N–H and O–H groups in total. The molecule has 0 aliphatic carbocycles. The number of hydrogen-bond acceptors (Lipinski definition) is 3. The molecular formula is C14H31NO3Si. The molecule has 1 amide bonds. The van der Waals surface area contributed by atoms with Gasteiger partial charge in [0.15, 0.2) is 8.32 Å². The monoisotopic (exact) mass is 289 g/mol. The SMILES string of the molecule is CC[C@H](O[Si](C)(C)C(C)(C)C)[C@@H](C)C(=O)N(C)OC. The lowest BCUT2D eigenvalue weighted by Gasteiger charge is -2.40. The number of carbonyl (C=O) groups is 1. The zero-order chi connectivity index (χ0) is 15.4. The van der Waals surface area contributed by atoms with Crippen molar-refractivity contribution < 1.29 is 14.1 Å². The molecule has 0 saturated carbocycles. The van der Waals surface area contributed by atoms with E-state index < -0.39 is 8.32 Å². The highest BCUT2D eigenvalue weighted by atomic mass is 28.4. The fourth-order valence-electron chi connectivity index (χ4n) is 1.63. The molecule has 0 saturated heterocycles. The van der Waals surface area contributed by atoms with Gasteiger partial charge in [0.25, 0.3) is 5.91 Å². The van der Waals surface area contributed by atoms with E-state index in [-0.39, 0.29) is 23.0 Å². The third-order valence-electron chi connectivity index (χ3n) is 4.19. The van der Waals surface area contributed by atoms with E-state index >= 15 is 0 Å². The van der Waals surface area contributed by atoms with Crippen LogP contribution in [0.1, 0.15) is 41.0 Å². The first-order chi connectivity index (χ1) is 8.47. The third kappa shape index (κ3) is 4.89. The Morgan fingerprint density at radius 2 is 1.79 bits per heavy atom. The summed E-state index contributed by atoms with van der Waals surface area (Å²) in [7, 11) is 1.28. The predicted octanol–water partition coefficient (Wildman–Crippen LogP) is 3.44. The summed E-state index contributed by atoms with van der Waals surface area (Å²) >= 11 is 0. The van der Waals surface area contributed by atoms with E-state index in [1.807, 2.05) is 6.92 Å². The lowest BCUT2D eigenvalue weighted by molar-refractivity contribution is -0.175. The van der Waals surface area contributed by atoms with Gasteiger partial charge in [0, 0.05) is 7.05 Å². The van der Waals surface area contributed by atoms with E-state index in [9.17, 15) is 4.79 Å². The van der Waals surface area contributed by atoms with Crippen molar-refractivity contribution in [3.63, 3.8) is 0 Å². The predicted molar refractivity (Wildman–Crippen MR) is 81.3 cm³/mol. The van der Waals surface area contributed by atoms with Crippen molar-refractivity contribution in [3.8, 4) is 0 Å². The molecule has 0 fully saturated rings. The molecule has 5 heteroatoms. The lowest BCUT2D eigenvalue weighted by atomic mass is 10.0. The van der Waals surface area contributed by atoms with Crippen LogP contribution in [0.15, 0.2) is 0 Å². The summed E-state index contributed by atoms with van der Waals surface area (Å²) in [6, 6.07) is 0. The van der Waals surface area contributed by atoms with Crippen LogP contribution in [-0.2, 0) is 14.1 Å². The Kier molecular flexibility index (Phi) is 6.72. The van der Waals surface area contributed by atoms with Gasteiger partial charge in [-0.15, -0.1) is 0 Å². The largest absolute Gasteiger partial charge is 0.413 e. The van der Waals surface area contributed by atoms with Gasteiger partial charge in [-0.2, -0.15) is 0 Å². The maximum absolute atomic E-state index is 12.1. The van der Waals surface area contributed by atoms with Crippen molar-refractivity contribution in [3.05, 3.63) is 0 Å². The fraction of sp³-hybridized carbons (Fsp3) is 0.929. The van der Waals surface area contributed by atoms with Crippen LogP contribution < -0.4 is 0 Å². The number of amides is 1. The fourth-order valence-corrected chi connectivity index (χ4v) is 3.11. The van der Waals surface area contributed by atoms with Gasteiger partial charge < -0.3 is 4.43 Å². The van der Waals surface area contributed by atoms with Crippen LogP contribution in [0.3, 0.4) is 0 Å². The minimum Gasteiger partial charge on any atom is -0.413 e. The summed E-state index contributed by atoms with van der Waals surface area (Å²) < 4.78 is 6.36. The van der Waals surface area contributed by atoms with Gasteiger partial charge in [-0.3, -0.25) is 9.63 Å². The third-order valence-corrected chi connectivity index (χ3v) is 8.69. The van der Waals surface area contributed by atoms with Gasteiger partial charge in [0.05, 0.1) is 19.1 Å². The average molecular weight is 289 g/mol. The van der Waals surface area contributed by atoms with Gasteiger partial charge >= 0.3 is 0 Å². The quantitative estimate of drug-likeness (QED) is 0.555. The van der Waals surface area contributed by atoms with Crippen LogP contribution in [0, 0.1) is 5.92 Å². The number of hydrogen-bond donors (Lipinski definition) is 0. The Balaban J connectivity index is 4.90. The van der Waals surface area contributed by atoms with E-state index in [1.165, 1.54) is 12.2 Å². The first-order valence-corrected chi connectivity index (χ1v) is 9.88. The van der Waals surface area contributed by atoms with Gasteiger partial charge in [0.1, 0.15) is 0 Å². The van der Waals surface area contributed by atoms with Crippen LogP contribution in [0.2, 0.25) is 18.1 Å². The minimum absolute atomic E-state index is 0.0342. The first kappa shape index (κ1) is 18.6. The Bertz CT molecular complexity index is 300. The molecule has 0 radical (unpaired) electrons. The highest BCUT2D eigenvalue weighted by molar-refractivity contribution is 6.74. The second-order valence-corrected chi connectivity index (χ2v) is 11.4. The van der Waals surface area contributed by atoms with Gasteiger partial charge in [-0.25, -0.2) is 5.06 Å². The van der Waals surface area contributed by atoms with Gasteiger partial charge in [-0.05, 0) is 24.6 Å². The van der Waals surface area contributed by atoms with Crippen molar-refractivity contribution in [2.24, 2.45) is 5.92 Å². The molecule has 19 heavy (non-hydrogen) atoms. The molecule has 114 valence electrons. The minimum atomic E-state index is -1.85. The topological polar surface area (TPSA) is 38.8 Å². The highest BCUT2D eigenvalue weighted by Crippen LogP contribution is 2.38. The Morgan fingerprint density at radius 3 is 2.11 bits per heavy atom. The van der Waals surface area contributed by atoms with E-state index in [4.69, 9.17) is 9.26 Å².